The Bertz CT molecular complexity index is 1020. The van der Waals surface area contributed by atoms with E-state index in [2.05, 4.69) is 16.0 Å². The van der Waals surface area contributed by atoms with Gasteiger partial charge < -0.3 is 78.6 Å². The summed E-state index contributed by atoms with van der Waals surface area (Å²) in [6.45, 7) is 2.70. The largest absolute Gasteiger partial charge is 0.492 e. The van der Waals surface area contributed by atoms with E-state index in [0.29, 0.717) is 50.6 Å². The van der Waals surface area contributed by atoms with E-state index in [4.69, 9.17) is 37.1 Å². The zero-order chi connectivity index (χ0) is 33.1. The summed E-state index contributed by atoms with van der Waals surface area (Å²) in [6.07, 6.45) is -3.45. The summed E-state index contributed by atoms with van der Waals surface area (Å²) in [6, 6.07) is -2.91. The van der Waals surface area contributed by atoms with Crippen molar-refractivity contribution in [3.8, 4) is 0 Å². The van der Waals surface area contributed by atoms with Crippen LogP contribution in [0.4, 0.5) is 0 Å². The van der Waals surface area contributed by atoms with Crippen molar-refractivity contribution in [1.82, 2.24) is 16.0 Å². The second-order valence-electron chi connectivity index (χ2n) is 13.6. The molecule has 3 fully saturated rings. The highest BCUT2D eigenvalue weighted by atomic mass is 16.7. The molecule has 0 aromatic carbocycles. The van der Waals surface area contributed by atoms with Crippen LogP contribution in [-0.2, 0) is 19.0 Å². The Morgan fingerprint density at radius 1 is 1.18 bits per heavy atom. The number of aliphatic hydroxyl groups is 5. The highest BCUT2D eigenvalue weighted by Gasteiger charge is 2.53. The van der Waals surface area contributed by atoms with E-state index in [-0.39, 0.29) is 26.0 Å². The lowest BCUT2D eigenvalue weighted by atomic mass is 9.71. The van der Waals surface area contributed by atoms with E-state index < -0.39 is 84.0 Å². The van der Waals surface area contributed by atoms with Gasteiger partial charge in [0.25, 0.3) is 0 Å². The lowest BCUT2D eigenvalue weighted by Gasteiger charge is -2.50. The quantitative estimate of drug-likeness (QED) is 0.0893. The molecule has 0 radical (unpaired) electrons. The monoisotopic (exact) mass is 645 g/mol. The molecular weight excluding hydrogens is 590 g/mol. The maximum atomic E-state index is 12.8. The van der Waals surface area contributed by atoms with Crippen molar-refractivity contribution in [1.29, 1.82) is 0 Å². The molecule has 1 amide bonds. The summed E-state index contributed by atoms with van der Waals surface area (Å²) < 4.78 is 18.2. The summed E-state index contributed by atoms with van der Waals surface area (Å²) in [7, 11) is 1.59. The van der Waals surface area contributed by atoms with Gasteiger partial charge in [0.2, 0.25) is 5.91 Å². The third-order valence-corrected chi connectivity index (χ3v) is 9.78. The van der Waals surface area contributed by atoms with E-state index in [1.807, 2.05) is 6.08 Å². The molecule has 16 nitrogen and oxygen atoms in total. The topological polar surface area (TPSA) is 286 Å². The summed E-state index contributed by atoms with van der Waals surface area (Å²) in [4.78, 5) is 12.8. The standard InChI is InChI=1S/C29H55N7O9/c1-28(41)13-43-27(22(39)25(28)34-2)45-24-18(36-26(40)19(37)5-6-30)7-17(33)20(21(24)38)23-16(32)4-3-15(44-23)11-35-12-29(42)8-14(9-29)10-31/h3,14,16-25,27,34-35,37-39,41-42H,4-13,30-33H2,1-2H3,(H,36,40)/t14?,16-,17+,18-,19+,20-,21+,22-,23?,24+,25-,27-,28+,29?/m1/s1. The van der Waals surface area contributed by atoms with Crippen LogP contribution in [0.3, 0.4) is 0 Å². The second kappa shape index (κ2) is 15.1. The highest BCUT2D eigenvalue weighted by Crippen LogP contribution is 2.38. The minimum Gasteiger partial charge on any atom is -0.492 e. The fourth-order valence-electron chi connectivity index (χ4n) is 7.27. The number of hydrogen-bond donors (Lipinski definition) is 12. The van der Waals surface area contributed by atoms with Crippen LogP contribution < -0.4 is 38.9 Å². The number of amides is 1. The van der Waals surface area contributed by atoms with E-state index in [1.165, 1.54) is 6.92 Å². The molecule has 2 aliphatic carbocycles. The predicted octanol–water partition coefficient (Wildman–Crippen LogP) is -4.98. The van der Waals surface area contributed by atoms with Gasteiger partial charge in [-0.25, -0.2) is 0 Å². The first kappa shape index (κ1) is 36.3. The molecule has 260 valence electrons. The van der Waals surface area contributed by atoms with E-state index >= 15 is 0 Å². The summed E-state index contributed by atoms with van der Waals surface area (Å²) in [5.74, 6) is -0.530. The van der Waals surface area contributed by atoms with Crippen LogP contribution in [0, 0.1) is 11.8 Å². The van der Waals surface area contributed by atoms with Crippen molar-refractivity contribution in [2.75, 3.05) is 39.8 Å². The van der Waals surface area contributed by atoms with Crippen molar-refractivity contribution in [3.05, 3.63) is 11.8 Å². The zero-order valence-electron chi connectivity index (χ0n) is 26.3. The third-order valence-electron chi connectivity index (χ3n) is 9.78. The number of aliphatic hydroxyl groups excluding tert-OH is 3. The normalized spacial score (nSPS) is 44.3. The molecular formula is C29H55N7O9. The van der Waals surface area contributed by atoms with Gasteiger partial charge in [-0.05, 0) is 71.2 Å². The molecule has 2 saturated carbocycles. The molecule has 2 heterocycles. The van der Waals surface area contributed by atoms with Gasteiger partial charge in [0.15, 0.2) is 6.29 Å². The van der Waals surface area contributed by atoms with Gasteiger partial charge in [0.05, 0.1) is 36.9 Å². The van der Waals surface area contributed by atoms with Crippen molar-refractivity contribution in [2.24, 2.45) is 34.8 Å². The lowest BCUT2D eigenvalue weighted by Crippen LogP contribution is -2.69. The fraction of sp³-hybridized carbons (Fsp3) is 0.897. The van der Waals surface area contributed by atoms with Crippen molar-refractivity contribution in [2.45, 2.75) is 111 Å². The number of hydrogen-bond acceptors (Lipinski definition) is 15. The van der Waals surface area contributed by atoms with Crippen LogP contribution in [0.2, 0.25) is 0 Å². The Morgan fingerprint density at radius 3 is 2.53 bits per heavy atom. The van der Waals surface area contributed by atoms with Gasteiger partial charge in [-0.3, -0.25) is 4.79 Å². The molecule has 1 saturated heterocycles. The van der Waals surface area contributed by atoms with Crippen molar-refractivity contribution < 1.29 is 44.5 Å². The molecule has 1 unspecified atom stereocenters. The molecule has 0 aromatic heterocycles. The Hall–Kier alpha value is -1.51. The number of ether oxygens (including phenoxy) is 3. The van der Waals surface area contributed by atoms with Gasteiger partial charge in [-0.2, -0.15) is 0 Å². The minimum absolute atomic E-state index is 0.0314. The van der Waals surface area contributed by atoms with E-state index in [1.54, 1.807) is 7.05 Å². The first-order valence-electron chi connectivity index (χ1n) is 15.9. The molecule has 0 bridgehead atoms. The summed E-state index contributed by atoms with van der Waals surface area (Å²) >= 11 is 0. The number of rotatable bonds is 13. The Kier molecular flexibility index (Phi) is 12.2. The first-order chi connectivity index (χ1) is 21.2. The SMILES string of the molecule is CN[C@@H]1[C@@H](O)[C@@H](O[C@@H]2[C@@H](O)[C@H](C3OC(CNCC4(O)CC(CN)C4)=CC[C@H]3N)[C@@H](N)C[C@H]2NC(=O)[C@@H](O)CCN)OC[C@]1(C)O. The summed E-state index contributed by atoms with van der Waals surface area (Å²) in [5, 5.41) is 63.3. The van der Waals surface area contributed by atoms with Crippen LogP contribution >= 0.6 is 0 Å². The number of likely N-dealkylation sites (N-methyl/N-ethyl adjacent to an activating group) is 1. The average Bonchev–Trinajstić information content (AvgIpc) is 2.96. The second-order valence-corrected chi connectivity index (χ2v) is 13.6. The third kappa shape index (κ3) is 8.32. The molecule has 16 N–H and O–H groups in total. The fourth-order valence-corrected chi connectivity index (χ4v) is 7.27. The molecule has 0 spiro atoms. The van der Waals surface area contributed by atoms with Gasteiger partial charge in [-0.1, -0.05) is 0 Å². The molecule has 0 aromatic rings. The number of nitrogens with two attached hydrogens (primary N) is 4. The van der Waals surface area contributed by atoms with Crippen LogP contribution in [0.1, 0.15) is 39.0 Å². The Morgan fingerprint density at radius 2 is 1.89 bits per heavy atom. The first-order valence-corrected chi connectivity index (χ1v) is 15.9. The van der Waals surface area contributed by atoms with Gasteiger partial charge in [-0.15, -0.1) is 0 Å². The Labute approximate surface area is 264 Å². The smallest absolute Gasteiger partial charge is 0.249 e. The maximum Gasteiger partial charge on any atom is 0.249 e. The average molecular weight is 646 g/mol. The van der Waals surface area contributed by atoms with Crippen LogP contribution in [0.15, 0.2) is 11.8 Å². The predicted molar refractivity (Wildman–Crippen MR) is 163 cm³/mol. The maximum absolute atomic E-state index is 12.8. The van der Waals surface area contributed by atoms with Gasteiger partial charge in [0, 0.05) is 24.5 Å². The molecule has 12 atom stereocenters. The van der Waals surface area contributed by atoms with Crippen LogP contribution in [0.5, 0.6) is 0 Å². The van der Waals surface area contributed by atoms with Crippen molar-refractivity contribution >= 4 is 5.91 Å². The zero-order valence-corrected chi connectivity index (χ0v) is 26.3. The molecule has 4 aliphatic rings. The van der Waals surface area contributed by atoms with E-state index in [0.717, 1.165) is 0 Å². The summed E-state index contributed by atoms with van der Waals surface area (Å²) in [5.41, 5.74) is 22.1. The number of nitrogens with one attached hydrogen (secondary N) is 3. The molecule has 2 aliphatic heterocycles. The molecule has 45 heavy (non-hydrogen) atoms. The molecule has 16 heteroatoms. The van der Waals surface area contributed by atoms with Crippen molar-refractivity contribution in [3.63, 3.8) is 0 Å². The van der Waals surface area contributed by atoms with Crippen LogP contribution in [0.25, 0.3) is 0 Å². The van der Waals surface area contributed by atoms with E-state index in [9.17, 15) is 30.3 Å². The Balaban J connectivity index is 1.49. The van der Waals surface area contributed by atoms with Crippen LogP contribution in [-0.4, -0.2) is 143 Å². The van der Waals surface area contributed by atoms with Gasteiger partial charge >= 0.3 is 0 Å². The number of carbonyl (C=O) groups is 1. The molecule has 4 rings (SSSR count). The lowest BCUT2D eigenvalue weighted by molar-refractivity contribution is -0.297. The van der Waals surface area contributed by atoms with Gasteiger partial charge in [0.1, 0.15) is 35.8 Å². The highest BCUT2D eigenvalue weighted by molar-refractivity contribution is 5.80. The minimum atomic E-state index is -1.40. The number of carbonyl (C=O) groups excluding carboxylic acids is 1.